The van der Waals surface area contributed by atoms with Crippen LogP contribution in [0.2, 0.25) is 0 Å². The third-order valence-corrected chi connectivity index (χ3v) is 4.31. The number of carbonyl (C=O) groups excluding carboxylic acids is 1. The Balaban J connectivity index is 1.67. The molecule has 1 heterocycles. The third-order valence-electron chi connectivity index (χ3n) is 4.31. The number of aryl methyl sites for hydroxylation is 1. The number of nitrogens with zero attached hydrogens (tertiary/aromatic N) is 2. The highest BCUT2D eigenvalue weighted by Gasteiger charge is 2.17. The Morgan fingerprint density at radius 1 is 1.00 bits per heavy atom. The molecule has 3 aromatic rings. The van der Waals surface area contributed by atoms with E-state index in [4.69, 9.17) is 23.5 Å². The summed E-state index contributed by atoms with van der Waals surface area (Å²) < 4.78 is 26.4. The molecule has 3 rings (SSSR count). The van der Waals surface area contributed by atoms with E-state index < -0.39 is 0 Å². The van der Waals surface area contributed by atoms with Gasteiger partial charge in [-0.25, -0.2) is 0 Å². The third kappa shape index (κ3) is 4.80. The van der Waals surface area contributed by atoms with Crippen LogP contribution in [0.5, 0.6) is 23.0 Å². The molecule has 158 valence electrons. The van der Waals surface area contributed by atoms with E-state index >= 15 is 0 Å². The zero-order chi connectivity index (χ0) is 21.5. The first-order valence-corrected chi connectivity index (χ1v) is 9.14. The van der Waals surface area contributed by atoms with Gasteiger partial charge in [-0.3, -0.25) is 4.79 Å². The summed E-state index contributed by atoms with van der Waals surface area (Å²) in [6, 6.07) is 10.6. The number of aromatic nitrogens is 2. The molecule has 9 nitrogen and oxygen atoms in total. The smallest absolute Gasteiger partial charge is 0.227 e. The van der Waals surface area contributed by atoms with Gasteiger partial charge in [0.15, 0.2) is 11.5 Å². The predicted molar refractivity (Wildman–Crippen MR) is 109 cm³/mol. The van der Waals surface area contributed by atoms with Crippen LogP contribution >= 0.6 is 0 Å². The van der Waals surface area contributed by atoms with E-state index in [0.29, 0.717) is 52.4 Å². The van der Waals surface area contributed by atoms with Gasteiger partial charge in [-0.1, -0.05) is 11.2 Å². The summed E-state index contributed by atoms with van der Waals surface area (Å²) in [5, 5.41) is 6.80. The standard InChI is InChI=1S/C21H23N3O6/c1-26-15-7-5-6-14(12-15)22-18(25)8-9-19-23-21(24-30-19)13-10-16(27-2)20(29-4)17(11-13)28-3/h5-7,10-12H,8-9H2,1-4H3,(H,22,25). The van der Waals surface area contributed by atoms with Crippen LogP contribution in [0.4, 0.5) is 5.69 Å². The fourth-order valence-electron chi connectivity index (χ4n) is 2.83. The first-order chi connectivity index (χ1) is 14.6. The van der Waals surface area contributed by atoms with Crippen molar-refractivity contribution < 1.29 is 28.3 Å². The van der Waals surface area contributed by atoms with E-state index in [1.807, 2.05) is 0 Å². The molecule has 30 heavy (non-hydrogen) atoms. The summed E-state index contributed by atoms with van der Waals surface area (Å²) in [6.45, 7) is 0. The number of methoxy groups -OCH3 is 4. The average Bonchev–Trinajstić information content (AvgIpc) is 3.25. The zero-order valence-corrected chi connectivity index (χ0v) is 17.2. The van der Waals surface area contributed by atoms with Crippen LogP contribution < -0.4 is 24.3 Å². The van der Waals surface area contributed by atoms with Crippen molar-refractivity contribution >= 4 is 11.6 Å². The summed E-state index contributed by atoms with van der Waals surface area (Å²) >= 11 is 0. The highest BCUT2D eigenvalue weighted by molar-refractivity contribution is 5.90. The number of hydrogen-bond acceptors (Lipinski definition) is 8. The van der Waals surface area contributed by atoms with Crippen LogP contribution in [0, 0.1) is 0 Å². The van der Waals surface area contributed by atoms with Gasteiger partial charge < -0.3 is 28.8 Å². The molecule has 1 aromatic heterocycles. The zero-order valence-electron chi connectivity index (χ0n) is 17.2. The molecule has 2 aromatic carbocycles. The predicted octanol–water partition coefficient (Wildman–Crippen LogP) is 3.34. The van der Waals surface area contributed by atoms with Gasteiger partial charge in [0.2, 0.25) is 23.4 Å². The molecule has 0 aliphatic carbocycles. The monoisotopic (exact) mass is 413 g/mol. The molecule has 0 radical (unpaired) electrons. The molecule has 0 spiro atoms. The Morgan fingerprint density at radius 2 is 1.73 bits per heavy atom. The maximum atomic E-state index is 12.2. The van der Waals surface area contributed by atoms with Gasteiger partial charge >= 0.3 is 0 Å². The summed E-state index contributed by atoms with van der Waals surface area (Å²) in [5.41, 5.74) is 1.29. The topological polar surface area (TPSA) is 105 Å². The van der Waals surface area contributed by atoms with Crippen LogP contribution in [-0.4, -0.2) is 44.5 Å². The molecule has 0 aliphatic heterocycles. The van der Waals surface area contributed by atoms with Crippen LogP contribution in [0.15, 0.2) is 40.9 Å². The number of rotatable bonds is 9. The highest BCUT2D eigenvalue weighted by atomic mass is 16.5. The lowest BCUT2D eigenvalue weighted by Gasteiger charge is -2.12. The lowest BCUT2D eigenvalue weighted by molar-refractivity contribution is -0.116. The number of amides is 1. The normalized spacial score (nSPS) is 10.4. The van der Waals surface area contributed by atoms with E-state index in [1.165, 1.54) is 21.3 Å². The van der Waals surface area contributed by atoms with Crippen LogP contribution in [0.1, 0.15) is 12.3 Å². The van der Waals surface area contributed by atoms with Crippen molar-refractivity contribution in [2.24, 2.45) is 0 Å². The highest BCUT2D eigenvalue weighted by Crippen LogP contribution is 2.40. The number of nitrogens with one attached hydrogen (secondary N) is 1. The van der Waals surface area contributed by atoms with Crippen molar-refractivity contribution in [1.29, 1.82) is 0 Å². The van der Waals surface area contributed by atoms with Crippen molar-refractivity contribution in [1.82, 2.24) is 10.1 Å². The second kappa shape index (κ2) is 9.64. The molecular weight excluding hydrogens is 390 g/mol. The van der Waals surface area contributed by atoms with Crippen LogP contribution in [0.3, 0.4) is 0 Å². The molecule has 0 saturated heterocycles. The Kier molecular flexibility index (Phi) is 6.74. The Morgan fingerprint density at radius 3 is 2.37 bits per heavy atom. The number of benzene rings is 2. The summed E-state index contributed by atoms with van der Waals surface area (Å²) in [6.07, 6.45) is 0.487. The summed E-state index contributed by atoms with van der Waals surface area (Å²) in [4.78, 5) is 16.6. The summed E-state index contributed by atoms with van der Waals surface area (Å²) in [5.74, 6) is 2.64. The second-order valence-electron chi connectivity index (χ2n) is 6.21. The molecule has 0 aliphatic rings. The molecule has 0 atom stereocenters. The van der Waals surface area contributed by atoms with Gasteiger partial charge in [0.05, 0.1) is 28.4 Å². The van der Waals surface area contributed by atoms with Gasteiger partial charge in [0, 0.05) is 30.2 Å². The summed E-state index contributed by atoms with van der Waals surface area (Å²) in [7, 11) is 6.17. The van der Waals surface area contributed by atoms with Gasteiger partial charge in [0.1, 0.15) is 5.75 Å². The average molecular weight is 413 g/mol. The minimum Gasteiger partial charge on any atom is -0.497 e. The van der Waals surface area contributed by atoms with E-state index in [-0.39, 0.29) is 12.3 Å². The van der Waals surface area contributed by atoms with Crippen molar-refractivity contribution in [2.75, 3.05) is 33.8 Å². The Labute approximate surface area is 173 Å². The maximum Gasteiger partial charge on any atom is 0.227 e. The number of anilines is 1. The fraction of sp³-hybridized carbons (Fsp3) is 0.286. The maximum absolute atomic E-state index is 12.2. The lowest BCUT2D eigenvalue weighted by Crippen LogP contribution is -2.12. The SMILES string of the molecule is COc1cccc(NC(=O)CCc2nc(-c3cc(OC)c(OC)c(OC)c3)no2)c1. The largest absolute Gasteiger partial charge is 0.497 e. The molecule has 9 heteroatoms. The van der Waals surface area contributed by atoms with Gasteiger partial charge in [-0.15, -0.1) is 0 Å². The number of ether oxygens (including phenoxy) is 4. The van der Waals surface area contributed by atoms with Crippen molar-refractivity contribution in [3.8, 4) is 34.4 Å². The van der Waals surface area contributed by atoms with Crippen LogP contribution in [0.25, 0.3) is 11.4 Å². The minimum atomic E-state index is -0.171. The van der Waals surface area contributed by atoms with Gasteiger partial charge in [-0.05, 0) is 24.3 Å². The Bertz CT molecular complexity index is 992. The van der Waals surface area contributed by atoms with Crippen molar-refractivity contribution in [3.05, 3.63) is 42.3 Å². The first kappa shape index (κ1) is 21.0. The second-order valence-corrected chi connectivity index (χ2v) is 6.21. The number of carbonyl (C=O) groups is 1. The van der Waals surface area contributed by atoms with E-state index in [2.05, 4.69) is 15.5 Å². The number of hydrogen-bond donors (Lipinski definition) is 1. The molecule has 0 fully saturated rings. The minimum absolute atomic E-state index is 0.171. The van der Waals surface area contributed by atoms with Gasteiger partial charge in [0.25, 0.3) is 0 Å². The van der Waals surface area contributed by atoms with Gasteiger partial charge in [-0.2, -0.15) is 4.98 Å². The van der Waals surface area contributed by atoms with E-state index in [1.54, 1.807) is 43.5 Å². The van der Waals surface area contributed by atoms with Crippen molar-refractivity contribution in [3.63, 3.8) is 0 Å². The van der Waals surface area contributed by atoms with E-state index in [9.17, 15) is 4.79 Å². The molecule has 0 unspecified atom stereocenters. The first-order valence-electron chi connectivity index (χ1n) is 9.14. The van der Waals surface area contributed by atoms with E-state index in [0.717, 1.165) is 0 Å². The van der Waals surface area contributed by atoms with Crippen LogP contribution in [-0.2, 0) is 11.2 Å². The molecule has 1 N–H and O–H groups in total. The lowest BCUT2D eigenvalue weighted by atomic mass is 10.1. The molecule has 1 amide bonds. The Hall–Kier alpha value is -3.75. The molecule has 0 bridgehead atoms. The van der Waals surface area contributed by atoms with Crippen molar-refractivity contribution in [2.45, 2.75) is 12.8 Å². The fourth-order valence-corrected chi connectivity index (χ4v) is 2.83. The quantitative estimate of drug-likeness (QED) is 0.569. The molecule has 0 saturated carbocycles. The molecular formula is C21H23N3O6.